The molecule has 2 unspecified atom stereocenters. The van der Waals surface area contributed by atoms with E-state index in [9.17, 15) is 4.79 Å². The first-order valence-electron chi connectivity index (χ1n) is 7.68. The minimum Gasteiger partial charge on any atom is -0.325 e. The molecule has 1 fully saturated rings. The van der Waals surface area contributed by atoms with E-state index in [1.807, 2.05) is 18.7 Å². The summed E-state index contributed by atoms with van der Waals surface area (Å²) in [4.78, 5) is 14.1. The van der Waals surface area contributed by atoms with E-state index in [2.05, 4.69) is 22.8 Å². The number of urea groups is 1. The van der Waals surface area contributed by atoms with E-state index < -0.39 is 0 Å². The Kier molecular flexibility index (Phi) is 4.86. The molecule has 4 nitrogen and oxygen atoms in total. The highest BCUT2D eigenvalue weighted by molar-refractivity contribution is 5.74. The Hall–Kier alpha value is -1.03. The zero-order chi connectivity index (χ0) is 13.7. The fraction of sp³-hybridized carbons (Fsp3) is 0.800. The van der Waals surface area contributed by atoms with Gasteiger partial charge in [0.2, 0.25) is 0 Å². The van der Waals surface area contributed by atoms with Crippen molar-refractivity contribution in [2.24, 2.45) is 5.41 Å². The van der Waals surface area contributed by atoms with E-state index in [1.165, 1.54) is 32.1 Å². The zero-order valence-corrected chi connectivity index (χ0v) is 12.2. The summed E-state index contributed by atoms with van der Waals surface area (Å²) >= 11 is 0. The molecule has 0 radical (unpaired) electrons. The van der Waals surface area contributed by atoms with Crippen molar-refractivity contribution in [1.29, 1.82) is 0 Å². The number of nitrogens with one attached hydrogen (secondary N) is 2. The maximum absolute atomic E-state index is 12.3. The van der Waals surface area contributed by atoms with Crippen LogP contribution in [0.4, 0.5) is 4.79 Å². The molecule has 108 valence electrons. The van der Waals surface area contributed by atoms with E-state index in [1.54, 1.807) is 0 Å². The minimum atomic E-state index is 0.0581. The SMILES string of the molecule is CCN(CC)C(=O)NC1NCCCC12C=CCCC2. The molecule has 1 aliphatic heterocycles. The van der Waals surface area contributed by atoms with Gasteiger partial charge in [-0.3, -0.25) is 5.32 Å². The van der Waals surface area contributed by atoms with Crippen molar-refractivity contribution >= 4 is 6.03 Å². The topological polar surface area (TPSA) is 44.4 Å². The van der Waals surface area contributed by atoms with Gasteiger partial charge in [0.15, 0.2) is 0 Å². The summed E-state index contributed by atoms with van der Waals surface area (Å²) in [6.45, 7) is 6.57. The number of carbonyl (C=O) groups is 1. The lowest BCUT2D eigenvalue weighted by Gasteiger charge is -2.45. The Morgan fingerprint density at radius 2 is 2.11 bits per heavy atom. The largest absolute Gasteiger partial charge is 0.325 e. The third-order valence-corrected chi connectivity index (χ3v) is 4.52. The minimum absolute atomic E-state index is 0.0581. The number of carbonyl (C=O) groups excluding carboxylic acids is 1. The molecule has 0 saturated carbocycles. The summed E-state index contributed by atoms with van der Waals surface area (Å²) in [7, 11) is 0. The van der Waals surface area contributed by atoms with Gasteiger partial charge in [0.25, 0.3) is 0 Å². The Balaban J connectivity index is 2.06. The molecule has 2 atom stereocenters. The fourth-order valence-electron chi connectivity index (χ4n) is 3.33. The summed E-state index contributed by atoms with van der Waals surface area (Å²) in [5, 5.41) is 6.71. The maximum Gasteiger partial charge on any atom is 0.318 e. The van der Waals surface area contributed by atoms with Crippen LogP contribution in [0.15, 0.2) is 12.2 Å². The Morgan fingerprint density at radius 1 is 1.37 bits per heavy atom. The molecule has 0 aromatic carbocycles. The molecular weight excluding hydrogens is 238 g/mol. The molecule has 0 aromatic heterocycles. The molecule has 2 aliphatic rings. The van der Waals surface area contributed by atoms with Crippen molar-refractivity contribution in [2.75, 3.05) is 19.6 Å². The van der Waals surface area contributed by atoms with E-state index in [0.29, 0.717) is 0 Å². The molecule has 2 amide bonds. The van der Waals surface area contributed by atoms with Crippen molar-refractivity contribution < 1.29 is 4.79 Å². The highest BCUT2D eigenvalue weighted by atomic mass is 16.2. The average Bonchev–Trinajstić information content (AvgIpc) is 2.44. The Bertz CT molecular complexity index is 338. The summed E-state index contributed by atoms with van der Waals surface area (Å²) in [5.74, 6) is 0. The number of amides is 2. The van der Waals surface area contributed by atoms with Crippen LogP contribution in [0.25, 0.3) is 0 Å². The monoisotopic (exact) mass is 265 g/mol. The fourth-order valence-corrected chi connectivity index (χ4v) is 3.33. The van der Waals surface area contributed by atoms with Crippen molar-refractivity contribution in [1.82, 2.24) is 15.5 Å². The third-order valence-electron chi connectivity index (χ3n) is 4.52. The lowest BCUT2D eigenvalue weighted by atomic mass is 9.71. The van der Waals surface area contributed by atoms with Gasteiger partial charge < -0.3 is 10.2 Å². The van der Waals surface area contributed by atoms with Crippen molar-refractivity contribution in [3.8, 4) is 0 Å². The molecule has 0 aromatic rings. The molecule has 1 heterocycles. The number of hydrogen-bond acceptors (Lipinski definition) is 2. The van der Waals surface area contributed by atoms with Gasteiger partial charge in [-0.05, 0) is 52.5 Å². The molecule has 19 heavy (non-hydrogen) atoms. The van der Waals surface area contributed by atoms with Gasteiger partial charge in [-0.25, -0.2) is 4.79 Å². The molecule has 2 N–H and O–H groups in total. The van der Waals surface area contributed by atoms with Crippen LogP contribution in [0.5, 0.6) is 0 Å². The number of piperidine rings is 1. The summed E-state index contributed by atoms with van der Waals surface area (Å²) in [6.07, 6.45) is 10.7. The molecule has 2 rings (SSSR count). The second-order valence-corrected chi connectivity index (χ2v) is 5.64. The molecule has 1 saturated heterocycles. The van der Waals surface area contributed by atoms with Gasteiger partial charge in [0.1, 0.15) is 0 Å². The van der Waals surface area contributed by atoms with Crippen LogP contribution in [0, 0.1) is 5.41 Å². The van der Waals surface area contributed by atoms with Crippen molar-refractivity contribution in [3.63, 3.8) is 0 Å². The highest BCUT2D eigenvalue weighted by Gasteiger charge is 2.40. The second-order valence-electron chi connectivity index (χ2n) is 5.64. The van der Waals surface area contributed by atoms with E-state index in [0.717, 1.165) is 19.6 Å². The molecule has 1 spiro atoms. The van der Waals surface area contributed by atoms with E-state index in [-0.39, 0.29) is 17.6 Å². The van der Waals surface area contributed by atoms with Crippen LogP contribution in [-0.2, 0) is 0 Å². The first-order valence-corrected chi connectivity index (χ1v) is 7.68. The summed E-state index contributed by atoms with van der Waals surface area (Å²) < 4.78 is 0. The predicted molar refractivity (Wildman–Crippen MR) is 77.9 cm³/mol. The summed E-state index contributed by atoms with van der Waals surface area (Å²) in [5.41, 5.74) is 0.138. The maximum atomic E-state index is 12.3. The number of rotatable bonds is 3. The van der Waals surface area contributed by atoms with Crippen LogP contribution in [-0.4, -0.2) is 36.7 Å². The molecule has 0 bridgehead atoms. The molecule has 1 aliphatic carbocycles. The van der Waals surface area contributed by atoms with Crippen molar-refractivity contribution in [3.05, 3.63) is 12.2 Å². The zero-order valence-electron chi connectivity index (χ0n) is 12.2. The van der Waals surface area contributed by atoms with E-state index >= 15 is 0 Å². The molecule has 4 heteroatoms. The first-order chi connectivity index (χ1) is 9.22. The Morgan fingerprint density at radius 3 is 2.74 bits per heavy atom. The number of hydrogen-bond donors (Lipinski definition) is 2. The van der Waals surface area contributed by atoms with Crippen molar-refractivity contribution in [2.45, 2.75) is 52.1 Å². The lowest BCUT2D eigenvalue weighted by molar-refractivity contribution is 0.131. The van der Waals surface area contributed by atoms with Gasteiger partial charge in [-0.1, -0.05) is 12.2 Å². The normalized spacial score (nSPS) is 30.3. The number of allylic oxidation sites excluding steroid dienone is 1. The van der Waals surface area contributed by atoms with Gasteiger partial charge in [0.05, 0.1) is 6.17 Å². The highest BCUT2D eigenvalue weighted by Crippen LogP contribution is 2.40. The second kappa shape index (κ2) is 6.42. The van der Waals surface area contributed by atoms with Crippen LogP contribution in [0.2, 0.25) is 0 Å². The van der Waals surface area contributed by atoms with Crippen LogP contribution < -0.4 is 10.6 Å². The lowest BCUT2D eigenvalue weighted by Crippen LogP contribution is -2.60. The van der Waals surface area contributed by atoms with Gasteiger partial charge >= 0.3 is 6.03 Å². The standard InChI is InChI=1S/C15H27N3O/c1-3-18(4-2)14(19)17-13-15(11-8-12-16-13)9-6-5-7-10-15/h6,9,13,16H,3-5,7-8,10-12H2,1-2H3,(H,17,19). The van der Waals surface area contributed by atoms with E-state index in [4.69, 9.17) is 0 Å². The molecular formula is C15H27N3O. The van der Waals surface area contributed by atoms with Gasteiger partial charge in [-0.15, -0.1) is 0 Å². The van der Waals surface area contributed by atoms with Crippen LogP contribution >= 0.6 is 0 Å². The number of nitrogens with zero attached hydrogens (tertiary/aromatic N) is 1. The third kappa shape index (κ3) is 3.11. The Labute approximate surface area is 116 Å². The smallest absolute Gasteiger partial charge is 0.318 e. The van der Waals surface area contributed by atoms with Crippen LogP contribution in [0.3, 0.4) is 0 Å². The average molecular weight is 265 g/mol. The quantitative estimate of drug-likeness (QED) is 0.770. The first kappa shape index (κ1) is 14.4. The van der Waals surface area contributed by atoms with Crippen LogP contribution in [0.1, 0.15) is 46.0 Å². The predicted octanol–water partition coefficient (Wildman–Crippen LogP) is 2.47. The summed E-state index contributed by atoms with van der Waals surface area (Å²) in [6, 6.07) is 0.0581. The van der Waals surface area contributed by atoms with Gasteiger partial charge in [0, 0.05) is 18.5 Å². The van der Waals surface area contributed by atoms with Gasteiger partial charge in [-0.2, -0.15) is 0 Å².